The molecule has 0 fully saturated rings. The molecule has 0 atom stereocenters. The van der Waals surface area contributed by atoms with Crippen LogP contribution in [0.3, 0.4) is 0 Å². The van der Waals surface area contributed by atoms with Crippen molar-refractivity contribution in [1.29, 1.82) is 0 Å². The number of nitro benzene ring substituents is 1. The highest BCUT2D eigenvalue weighted by Gasteiger charge is 2.15. The normalized spacial score (nSPS) is 12.1. The minimum atomic E-state index is -0.800. The quantitative estimate of drug-likeness (QED) is 0.400. The molecule has 2 rings (SSSR count). The summed E-state index contributed by atoms with van der Waals surface area (Å²) in [5.74, 6) is 0. The highest BCUT2D eigenvalue weighted by atomic mass is 16.6. The molecule has 1 N–H and O–H groups in total. The van der Waals surface area contributed by atoms with Gasteiger partial charge in [0.25, 0.3) is 5.69 Å². The van der Waals surface area contributed by atoms with Crippen molar-refractivity contribution < 1.29 is 10.1 Å². The van der Waals surface area contributed by atoms with Crippen LogP contribution < -0.4 is 16.2 Å². The third-order valence-electron chi connectivity index (χ3n) is 2.23. The summed E-state index contributed by atoms with van der Waals surface area (Å²) in [4.78, 5) is 32.7. The zero-order valence-corrected chi connectivity index (χ0v) is 7.71. The van der Waals surface area contributed by atoms with Gasteiger partial charge in [0.15, 0.2) is 5.36 Å². The van der Waals surface area contributed by atoms with Crippen LogP contribution in [-0.4, -0.2) is 10.1 Å². The topological polar surface area (TPSA) is 110 Å². The van der Waals surface area contributed by atoms with Gasteiger partial charge in [0, 0.05) is 22.9 Å². The number of rotatable bonds is 1. The van der Waals surface area contributed by atoms with Gasteiger partial charge in [-0.25, -0.2) is 0 Å². The zero-order valence-electron chi connectivity index (χ0n) is 7.71. The molecule has 7 heteroatoms. The minimum absolute atomic E-state index is 0.0170. The van der Waals surface area contributed by atoms with E-state index >= 15 is 0 Å². The lowest BCUT2D eigenvalue weighted by molar-refractivity contribution is -0.384. The van der Waals surface area contributed by atoms with Crippen molar-refractivity contribution in [3.63, 3.8) is 0 Å². The number of nitrogens with zero attached hydrogens (tertiary/aromatic N) is 2. The van der Waals surface area contributed by atoms with Crippen LogP contribution >= 0.6 is 0 Å². The average molecular weight is 220 g/mol. The van der Waals surface area contributed by atoms with Crippen molar-refractivity contribution >= 4 is 16.5 Å². The summed E-state index contributed by atoms with van der Waals surface area (Å²) in [5, 5.41) is 20.8. The van der Waals surface area contributed by atoms with Crippen LogP contribution in [0.2, 0.25) is 0 Å². The molecule has 0 amide bonds. The van der Waals surface area contributed by atoms with Crippen LogP contribution in [0.4, 0.5) is 5.69 Å². The van der Waals surface area contributed by atoms with Gasteiger partial charge < -0.3 is 5.21 Å². The van der Waals surface area contributed by atoms with E-state index in [1.54, 1.807) is 0 Å². The van der Waals surface area contributed by atoms with Crippen LogP contribution in [0.25, 0.3) is 10.8 Å². The SMILES string of the molecule is O=c1/c(=N/O)c(=O)c2cc([N+](=O)[O-])ccc12. The Bertz CT molecular complexity index is 740. The molecule has 7 nitrogen and oxygen atoms in total. The van der Waals surface area contributed by atoms with E-state index in [-0.39, 0.29) is 16.5 Å². The molecule has 0 bridgehead atoms. The number of non-ortho nitro benzene ring substituents is 1. The van der Waals surface area contributed by atoms with E-state index in [4.69, 9.17) is 5.21 Å². The second-order valence-corrected chi connectivity index (χ2v) is 3.09. The van der Waals surface area contributed by atoms with Crippen molar-refractivity contribution in [3.8, 4) is 0 Å². The van der Waals surface area contributed by atoms with Gasteiger partial charge in [-0.05, 0) is 6.07 Å². The fourth-order valence-electron chi connectivity index (χ4n) is 1.48. The van der Waals surface area contributed by atoms with E-state index < -0.39 is 21.1 Å². The molecule has 0 saturated heterocycles. The Kier molecular flexibility index (Phi) is 2.01. The minimum Gasteiger partial charge on any atom is -0.410 e. The number of fused-ring (bicyclic) bond motifs is 1. The Hall–Kier alpha value is -2.57. The standard InChI is InChI=1S/C9H4N2O5/c12-8-5-2-1-4(11(15)16)3-6(5)9(13)7(8)10-14/h1-3,14H/b10-7-. The van der Waals surface area contributed by atoms with E-state index in [2.05, 4.69) is 5.16 Å². The van der Waals surface area contributed by atoms with Crippen LogP contribution in [0, 0.1) is 10.1 Å². The summed E-state index contributed by atoms with van der Waals surface area (Å²) in [7, 11) is 0. The third kappa shape index (κ3) is 1.18. The van der Waals surface area contributed by atoms with Crippen LogP contribution in [-0.2, 0) is 0 Å². The van der Waals surface area contributed by atoms with Gasteiger partial charge >= 0.3 is 0 Å². The largest absolute Gasteiger partial charge is 0.410 e. The molecule has 0 unspecified atom stereocenters. The molecule has 0 heterocycles. The molecule has 0 aliphatic heterocycles. The van der Waals surface area contributed by atoms with Gasteiger partial charge in [0.05, 0.1) is 4.92 Å². The maximum atomic E-state index is 11.5. The lowest BCUT2D eigenvalue weighted by Gasteiger charge is -1.89. The lowest BCUT2D eigenvalue weighted by atomic mass is 10.2. The monoisotopic (exact) mass is 220 g/mol. The summed E-state index contributed by atoms with van der Waals surface area (Å²) < 4.78 is 0. The number of hydrogen-bond acceptors (Lipinski definition) is 6. The number of benzene rings is 1. The van der Waals surface area contributed by atoms with E-state index in [0.717, 1.165) is 12.1 Å². The van der Waals surface area contributed by atoms with Crippen molar-refractivity contribution in [1.82, 2.24) is 0 Å². The third-order valence-corrected chi connectivity index (χ3v) is 2.23. The van der Waals surface area contributed by atoms with Gasteiger partial charge in [0.2, 0.25) is 10.9 Å². The lowest BCUT2D eigenvalue weighted by Crippen LogP contribution is -2.31. The first-order valence-electron chi connectivity index (χ1n) is 4.16. The van der Waals surface area contributed by atoms with Crippen LogP contribution in [0.1, 0.15) is 0 Å². The molecule has 0 saturated carbocycles. The predicted octanol–water partition coefficient (Wildman–Crippen LogP) is -0.366. The van der Waals surface area contributed by atoms with Crippen molar-refractivity contribution in [2.45, 2.75) is 0 Å². The first-order valence-corrected chi connectivity index (χ1v) is 4.16. The van der Waals surface area contributed by atoms with Gasteiger partial charge in [-0.1, -0.05) is 5.16 Å². The molecule has 0 spiro atoms. The first-order chi connectivity index (χ1) is 7.56. The summed E-state index contributed by atoms with van der Waals surface area (Å²) in [6, 6.07) is 3.28. The van der Waals surface area contributed by atoms with E-state index in [9.17, 15) is 19.7 Å². The second-order valence-electron chi connectivity index (χ2n) is 3.09. The first kappa shape index (κ1) is 9.97. The van der Waals surface area contributed by atoms with Gasteiger partial charge in [-0.3, -0.25) is 19.7 Å². The maximum Gasteiger partial charge on any atom is 0.270 e. The average Bonchev–Trinajstić information content (AvgIpc) is 2.51. The number of hydrogen-bond donors (Lipinski definition) is 1. The predicted molar refractivity (Wildman–Crippen MR) is 52.9 cm³/mol. The molecular weight excluding hydrogens is 216 g/mol. The van der Waals surface area contributed by atoms with Gasteiger partial charge in [-0.15, -0.1) is 0 Å². The Morgan fingerprint density at radius 2 is 1.81 bits per heavy atom. The Balaban J connectivity index is 3.02. The summed E-state index contributed by atoms with van der Waals surface area (Å²) >= 11 is 0. The van der Waals surface area contributed by atoms with Gasteiger partial charge in [0.1, 0.15) is 0 Å². The van der Waals surface area contributed by atoms with Crippen LogP contribution in [0.15, 0.2) is 32.9 Å². The second kappa shape index (κ2) is 3.23. The fourth-order valence-corrected chi connectivity index (χ4v) is 1.48. The molecule has 0 aromatic heterocycles. The summed E-state index contributed by atoms with van der Waals surface area (Å²) in [6.07, 6.45) is 0. The van der Waals surface area contributed by atoms with E-state index in [1.165, 1.54) is 6.07 Å². The van der Waals surface area contributed by atoms with Crippen molar-refractivity contribution in [3.05, 3.63) is 54.1 Å². The smallest absolute Gasteiger partial charge is 0.270 e. The summed E-state index contributed by atoms with van der Waals surface area (Å²) in [6.45, 7) is 0. The molecule has 0 aliphatic rings. The van der Waals surface area contributed by atoms with Crippen molar-refractivity contribution in [2.75, 3.05) is 0 Å². The van der Waals surface area contributed by atoms with Crippen molar-refractivity contribution in [2.24, 2.45) is 5.16 Å². The number of nitro groups is 1. The Labute approximate surface area is 86.7 Å². The highest BCUT2D eigenvalue weighted by Crippen LogP contribution is 2.14. The summed E-state index contributed by atoms with van der Waals surface area (Å²) in [5.41, 5.74) is -1.82. The molecule has 0 radical (unpaired) electrons. The zero-order chi connectivity index (χ0) is 11.9. The Morgan fingerprint density at radius 1 is 1.19 bits per heavy atom. The Morgan fingerprint density at radius 3 is 2.38 bits per heavy atom. The molecular formula is C9H4N2O5. The van der Waals surface area contributed by atoms with E-state index in [1.807, 2.05) is 0 Å². The molecule has 2 aromatic rings. The van der Waals surface area contributed by atoms with Gasteiger partial charge in [-0.2, -0.15) is 0 Å². The molecule has 16 heavy (non-hydrogen) atoms. The molecule has 0 aliphatic carbocycles. The molecule has 2 aromatic carbocycles. The highest BCUT2D eigenvalue weighted by molar-refractivity contribution is 5.85. The fraction of sp³-hybridized carbons (Fsp3) is 0. The molecule has 80 valence electrons. The maximum absolute atomic E-state index is 11.5. The van der Waals surface area contributed by atoms with E-state index in [0.29, 0.717) is 0 Å². The van der Waals surface area contributed by atoms with Crippen LogP contribution in [0.5, 0.6) is 0 Å².